The number of anilines is 1. The molecule has 2 aromatic carbocycles. The Kier molecular flexibility index (Phi) is 6.04. The summed E-state index contributed by atoms with van der Waals surface area (Å²) < 4.78 is 10.6. The van der Waals surface area contributed by atoms with Crippen molar-refractivity contribution in [1.82, 2.24) is 4.98 Å². The van der Waals surface area contributed by atoms with Gasteiger partial charge in [0.1, 0.15) is 17.6 Å². The molecule has 0 saturated heterocycles. The number of hydrogen-bond acceptors (Lipinski definition) is 5. The van der Waals surface area contributed by atoms with Gasteiger partial charge in [0.15, 0.2) is 0 Å². The summed E-state index contributed by atoms with van der Waals surface area (Å²) in [6.45, 7) is 0.545. The summed E-state index contributed by atoms with van der Waals surface area (Å²) in [6.07, 6.45) is 1.58. The minimum Gasteiger partial charge on any atom is -0.497 e. The minimum absolute atomic E-state index is 0. The molecule has 0 atom stereocenters. The maximum absolute atomic E-state index is 9.40. The fraction of sp³-hybridized carbons (Fsp3) is 0.158. The van der Waals surface area contributed by atoms with Crippen LogP contribution in [0.25, 0.3) is 10.9 Å². The van der Waals surface area contributed by atoms with Crippen LogP contribution in [0.5, 0.6) is 11.5 Å². The second-order valence-corrected chi connectivity index (χ2v) is 5.21. The summed E-state index contributed by atoms with van der Waals surface area (Å²) in [4.78, 5) is 4.34. The van der Waals surface area contributed by atoms with Gasteiger partial charge in [-0.1, -0.05) is 18.2 Å². The molecular weight excluding hydrogens is 338 g/mol. The van der Waals surface area contributed by atoms with Crippen LogP contribution < -0.4 is 14.8 Å². The number of para-hydroxylation sites is 1. The highest BCUT2D eigenvalue weighted by Gasteiger charge is 2.10. The molecule has 0 spiro atoms. The van der Waals surface area contributed by atoms with Gasteiger partial charge in [-0.05, 0) is 18.2 Å². The van der Waals surface area contributed by atoms with Gasteiger partial charge in [-0.15, -0.1) is 12.4 Å². The lowest BCUT2D eigenvalue weighted by Crippen LogP contribution is -2.04. The smallest absolute Gasteiger partial charge is 0.123 e. The van der Waals surface area contributed by atoms with Crippen molar-refractivity contribution < 1.29 is 9.47 Å². The number of fused-ring (bicyclic) bond motifs is 1. The highest BCUT2D eigenvalue weighted by molar-refractivity contribution is 5.94. The molecule has 3 rings (SSSR count). The molecule has 0 radical (unpaired) electrons. The van der Waals surface area contributed by atoms with Crippen molar-refractivity contribution in [3.63, 3.8) is 0 Å². The second-order valence-electron chi connectivity index (χ2n) is 5.21. The van der Waals surface area contributed by atoms with Gasteiger partial charge in [-0.3, -0.25) is 4.98 Å². The maximum Gasteiger partial charge on any atom is 0.123 e. The maximum atomic E-state index is 9.40. The molecule has 128 valence electrons. The van der Waals surface area contributed by atoms with Gasteiger partial charge in [-0.25, -0.2) is 0 Å². The molecule has 1 N–H and O–H groups in total. The zero-order valence-corrected chi connectivity index (χ0v) is 14.8. The quantitative estimate of drug-likeness (QED) is 0.744. The highest BCUT2D eigenvalue weighted by atomic mass is 35.5. The first kappa shape index (κ1) is 18.4. The molecule has 0 fully saturated rings. The van der Waals surface area contributed by atoms with E-state index in [4.69, 9.17) is 9.47 Å². The molecule has 1 heterocycles. The normalized spacial score (nSPS) is 9.80. The molecule has 0 aliphatic rings. The number of nitriles is 1. The lowest BCUT2D eigenvalue weighted by Gasteiger charge is -2.14. The monoisotopic (exact) mass is 355 g/mol. The minimum atomic E-state index is 0. The number of pyridine rings is 1. The Morgan fingerprint density at radius 2 is 1.92 bits per heavy atom. The largest absolute Gasteiger partial charge is 0.497 e. The third-order valence-corrected chi connectivity index (χ3v) is 3.84. The molecule has 3 aromatic rings. The molecular formula is C19H18ClN3O2. The standard InChI is InChI=1S/C19H17N3O2.ClH/c1-23-15-7-8-16-17(9-15)21-12-14(10-20)19(16)22-11-13-5-3-4-6-18(13)24-2;/h3-9,12H,11H2,1-2H3,(H,21,22);1H. The molecule has 0 aliphatic carbocycles. The predicted molar refractivity (Wildman–Crippen MR) is 101 cm³/mol. The molecule has 6 heteroatoms. The van der Waals surface area contributed by atoms with Gasteiger partial charge in [0.2, 0.25) is 0 Å². The van der Waals surface area contributed by atoms with Gasteiger partial charge in [-0.2, -0.15) is 5.26 Å². The molecule has 0 saturated carbocycles. The van der Waals surface area contributed by atoms with Crippen molar-refractivity contribution >= 4 is 29.0 Å². The van der Waals surface area contributed by atoms with E-state index >= 15 is 0 Å². The molecule has 0 aliphatic heterocycles. The summed E-state index contributed by atoms with van der Waals surface area (Å²) in [5, 5.41) is 13.6. The van der Waals surface area contributed by atoms with E-state index in [1.165, 1.54) is 0 Å². The summed E-state index contributed by atoms with van der Waals surface area (Å²) in [6, 6.07) is 15.6. The van der Waals surface area contributed by atoms with Crippen LogP contribution >= 0.6 is 12.4 Å². The topological polar surface area (TPSA) is 67.2 Å². The van der Waals surface area contributed by atoms with Crippen LogP contribution in [0, 0.1) is 11.3 Å². The van der Waals surface area contributed by atoms with Gasteiger partial charge in [0.25, 0.3) is 0 Å². The number of rotatable bonds is 5. The Balaban J connectivity index is 0.00000225. The Labute approximate surface area is 152 Å². The predicted octanol–water partition coefficient (Wildman–Crippen LogP) is 4.16. The van der Waals surface area contributed by atoms with Crippen molar-refractivity contribution in [2.45, 2.75) is 6.54 Å². The average Bonchev–Trinajstić information content (AvgIpc) is 2.65. The van der Waals surface area contributed by atoms with Crippen LogP contribution in [-0.4, -0.2) is 19.2 Å². The summed E-state index contributed by atoms with van der Waals surface area (Å²) >= 11 is 0. The summed E-state index contributed by atoms with van der Waals surface area (Å²) in [5.41, 5.74) is 3.05. The van der Waals surface area contributed by atoms with E-state index in [1.807, 2.05) is 42.5 Å². The van der Waals surface area contributed by atoms with Crippen LogP contribution in [0.1, 0.15) is 11.1 Å². The van der Waals surface area contributed by atoms with E-state index in [9.17, 15) is 5.26 Å². The van der Waals surface area contributed by atoms with Crippen LogP contribution in [-0.2, 0) is 6.54 Å². The number of benzene rings is 2. The summed E-state index contributed by atoms with van der Waals surface area (Å²) in [7, 11) is 3.26. The van der Waals surface area contributed by atoms with E-state index in [2.05, 4.69) is 16.4 Å². The first-order valence-corrected chi connectivity index (χ1v) is 7.49. The molecule has 1 aromatic heterocycles. The van der Waals surface area contributed by atoms with Crippen molar-refractivity contribution in [2.24, 2.45) is 0 Å². The molecule has 0 amide bonds. The van der Waals surface area contributed by atoms with Crippen molar-refractivity contribution in [3.05, 3.63) is 59.8 Å². The number of hydrogen-bond donors (Lipinski definition) is 1. The van der Waals surface area contributed by atoms with Gasteiger partial charge in [0, 0.05) is 29.8 Å². The Hall–Kier alpha value is -2.97. The molecule has 0 unspecified atom stereocenters. The Morgan fingerprint density at radius 1 is 1.12 bits per heavy atom. The van der Waals surface area contributed by atoms with E-state index < -0.39 is 0 Å². The highest BCUT2D eigenvalue weighted by Crippen LogP contribution is 2.29. The molecule has 0 bridgehead atoms. The van der Waals surface area contributed by atoms with E-state index in [0.717, 1.165) is 33.7 Å². The summed E-state index contributed by atoms with van der Waals surface area (Å²) in [5.74, 6) is 1.54. The van der Waals surface area contributed by atoms with Crippen molar-refractivity contribution in [1.29, 1.82) is 5.26 Å². The molecule has 25 heavy (non-hydrogen) atoms. The van der Waals surface area contributed by atoms with E-state index in [0.29, 0.717) is 12.1 Å². The lowest BCUT2D eigenvalue weighted by molar-refractivity contribution is 0.410. The van der Waals surface area contributed by atoms with Crippen molar-refractivity contribution in [3.8, 4) is 17.6 Å². The van der Waals surface area contributed by atoms with E-state index in [-0.39, 0.29) is 12.4 Å². The number of aromatic nitrogens is 1. The zero-order valence-electron chi connectivity index (χ0n) is 13.9. The number of halogens is 1. The van der Waals surface area contributed by atoms with Crippen molar-refractivity contribution in [2.75, 3.05) is 19.5 Å². The molecule has 5 nitrogen and oxygen atoms in total. The first-order valence-electron chi connectivity index (χ1n) is 7.49. The van der Waals surface area contributed by atoms with Gasteiger partial charge < -0.3 is 14.8 Å². The fourth-order valence-electron chi connectivity index (χ4n) is 2.61. The number of methoxy groups -OCH3 is 2. The van der Waals surface area contributed by atoms with Crippen LogP contribution in [0.15, 0.2) is 48.7 Å². The van der Waals surface area contributed by atoms with Gasteiger partial charge >= 0.3 is 0 Å². The number of nitrogens with one attached hydrogen (secondary N) is 1. The lowest BCUT2D eigenvalue weighted by atomic mass is 10.1. The number of nitrogens with zero attached hydrogens (tertiary/aromatic N) is 2. The van der Waals surface area contributed by atoms with Crippen LogP contribution in [0.3, 0.4) is 0 Å². The Morgan fingerprint density at radius 3 is 2.64 bits per heavy atom. The Bertz CT molecular complexity index is 922. The third-order valence-electron chi connectivity index (χ3n) is 3.84. The van der Waals surface area contributed by atoms with Gasteiger partial charge in [0.05, 0.1) is 31.0 Å². The van der Waals surface area contributed by atoms with Crippen LogP contribution in [0.2, 0.25) is 0 Å². The second kappa shape index (κ2) is 8.22. The third kappa shape index (κ3) is 3.76. The SMILES string of the molecule is COc1ccc2c(NCc3ccccc3OC)c(C#N)cnc2c1.Cl. The number of ether oxygens (including phenoxy) is 2. The zero-order chi connectivity index (χ0) is 16.9. The first-order chi connectivity index (χ1) is 11.8. The fourth-order valence-corrected chi connectivity index (χ4v) is 2.61. The average molecular weight is 356 g/mol. The van der Waals surface area contributed by atoms with E-state index in [1.54, 1.807) is 20.4 Å². The van der Waals surface area contributed by atoms with Crippen LogP contribution in [0.4, 0.5) is 5.69 Å².